The van der Waals surface area contributed by atoms with Gasteiger partial charge in [-0.15, -0.1) is 0 Å². The van der Waals surface area contributed by atoms with Crippen LogP contribution in [0.5, 0.6) is 5.75 Å². The van der Waals surface area contributed by atoms with Crippen LogP contribution in [0.3, 0.4) is 0 Å². The van der Waals surface area contributed by atoms with Gasteiger partial charge in [-0.25, -0.2) is 4.98 Å². The van der Waals surface area contributed by atoms with E-state index in [4.69, 9.17) is 9.72 Å². The molecule has 1 aliphatic rings. The van der Waals surface area contributed by atoms with Crippen LogP contribution in [-0.4, -0.2) is 62.2 Å². The van der Waals surface area contributed by atoms with Crippen molar-refractivity contribution >= 4 is 32.6 Å². The fourth-order valence-electron chi connectivity index (χ4n) is 3.57. The number of aryl methyl sites for hydroxylation is 1. The average Bonchev–Trinajstić information content (AvgIpc) is 3.20. The van der Waals surface area contributed by atoms with Crippen LogP contribution in [0.25, 0.3) is 10.2 Å². The van der Waals surface area contributed by atoms with Gasteiger partial charge in [0.05, 0.1) is 17.3 Å². The summed E-state index contributed by atoms with van der Waals surface area (Å²) in [5.41, 5.74) is 2.98. The average molecular weight is 411 g/mol. The Morgan fingerprint density at radius 1 is 1.17 bits per heavy atom. The summed E-state index contributed by atoms with van der Waals surface area (Å²) in [4.78, 5) is 21.9. The first-order valence-corrected chi connectivity index (χ1v) is 10.7. The van der Waals surface area contributed by atoms with Crippen LogP contribution < -0.4 is 15.0 Å². The molecule has 2 heterocycles. The number of fused-ring (bicyclic) bond motifs is 1. The number of nitrogens with zero attached hydrogens (tertiary/aromatic N) is 3. The van der Waals surface area contributed by atoms with Crippen molar-refractivity contribution in [2.24, 2.45) is 0 Å². The van der Waals surface area contributed by atoms with E-state index in [0.717, 1.165) is 43.4 Å². The van der Waals surface area contributed by atoms with E-state index in [1.54, 1.807) is 30.6 Å². The highest BCUT2D eigenvalue weighted by Crippen LogP contribution is 2.30. The minimum Gasteiger partial charge on any atom is -0.497 e. The smallest absolute Gasteiger partial charge is 0.251 e. The van der Waals surface area contributed by atoms with E-state index in [1.165, 1.54) is 10.3 Å². The summed E-state index contributed by atoms with van der Waals surface area (Å²) in [6.45, 7) is 7.47. The molecule has 0 bridgehead atoms. The molecular formula is C22H26N4O2S. The second-order valence-corrected chi connectivity index (χ2v) is 8.24. The summed E-state index contributed by atoms with van der Waals surface area (Å²) in [5.74, 6) is 0.631. The van der Waals surface area contributed by atoms with E-state index in [0.29, 0.717) is 17.9 Å². The molecule has 6 nitrogen and oxygen atoms in total. The molecule has 1 amide bonds. The number of carbonyl (C=O) groups is 1. The van der Waals surface area contributed by atoms with Crippen molar-refractivity contribution in [3.63, 3.8) is 0 Å². The van der Waals surface area contributed by atoms with Gasteiger partial charge in [-0.3, -0.25) is 9.69 Å². The number of carbonyl (C=O) groups excluding carboxylic acids is 1. The Morgan fingerprint density at radius 2 is 1.97 bits per heavy atom. The molecule has 0 aliphatic carbocycles. The number of benzene rings is 2. The highest BCUT2D eigenvalue weighted by atomic mass is 32.1. The van der Waals surface area contributed by atoms with Crippen molar-refractivity contribution in [3.05, 3.63) is 53.6 Å². The molecule has 0 atom stereocenters. The zero-order valence-corrected chi connectivity index (χ0v) is 17.7. The molecule has 0 unspecified atom stereocenters. The van der Waals surface area contributed by atoms with Crippen molar-refractivity contribution in [2.45, 2.75) is 6.92 Å². The van der Waals surface area contributed by atoms with Crippen LogP contribution in [0.4, 0.5) is 5.13 Å². The van der Waals surface area contributed by atoms with Crippen LogP contribution in [-0.2, 0) is 0 Å². The zero-order valence-electron chi connectivity index (χ0n) is 16.9. The lowest BCUT2D eigenvalue weighted by Crippen LogP contribution is -2.48. The number of thiazole rings is 1. The Morgan fingerprint density at radius 3 is 2.72 bits per heavy atom. The number of hydrogen-bond acceptors (Lipinski definition) is 6. The lowest BCUT2D eigenvalue weighted by atomic mass is 10.2. The van der Waals surface area contributed by atoms with Crippen molar-refractivity contribution in [1.29, 1.82) is 0 Å². The van der Waals surface area contributed by atoms with Crippen LogP contribution in [0, 0.1) is 6.92 Å². The molecule has 29 heavy (non-hydrogen) atoms. The number of amides is 1. The van der Waals surface area contributed by atoms with Gasteiger partial charge < -0.3 is 15.0 Å². The maximum absolute atomic E-state index is 12.3. The first-order valence-electron chi connectivity index (χ1n) is 9.90. The van der Waals surface area contributed by atoms with E-state index in [2.05, 4.69) is 40.2 Å². The number of rotatable bonds is 6. The molecule has 1 N–H and O–H groups in total. The van der Waals surface area contributed by atoms with Gasteiger partial charge in [-0.1, -0.05) is 29.5 Å². The fraction of sp³-hybridized carbons (Fsp3) is 0.364. The molecule has 0 saturated carbocycles. The Labute approximate surface area is 175 Å². The summed E-state index contributed by atoms with van der Waals surface area (Å²) in [6.07, 6.45) is 0. The van der Waals surface area contributed by atoms with Gasteiger partial charge in [0.15, 0.2) is 5.13 Å². The monoisotopic (exact) mass is 410 g/mol. The number of anilines is 1. The van der Waals surface area contributed by atoms with Crippen molar-refractivity contribution in [1.82, 2.24) is 15.2 Å². The number of ether oxygens (including phenoxy) is 1. The maximum Gasteiger partial charge on any atom is 0.251 e. The standard InChI is InChI=1S/C22H26N4O2S/c1-16-5-3-8-19-20(16)24-22(29-19)26-13-11-25(12-14-26)10-9-23-21(27)17-6-4-7-18(15-17)28-2/h3-8,15H,9-14H2,1-2H3,(H,23,27). The summed E-state index contributed by atoms with van der Waals surface area (Å²) in [5, 5.41) is 4.12. The van der Waals surface area contributed by atoms with Crippen LogP contribution >= 0.6 is 11.3 Å². The van der Waals surface area contributed by atoms with Gasteiger partial charge in [0.25, 0.3) is 5.91 Å². The second kappa shape index (κ2) is 8.80. The molecule has 2 aromatic carbocycles. The number of nitrogens with one attached hydrogen (secondary N) is 1. The number of methoxy groups -OCH3 is 1. The maximum atomic E-state index is 12.3. The molecule has 152 valence electrons. The normalized spacial score (nSPS) is 14.9. The van der Waals surface area contributed by atoms with E-state index in [1.807, 2.05) is 12.1 Å². The van der Waals surface area contributed by atoms with Crippen molar-refractivity contribution < 1.29 is 9.53 Å². The van der Waals surface area contributed by atoms with E-state index in [-0.39, 0.29) is 5.91 Å². The van der Waals surface area contributed by atoms with Gasteiger partial charge in [-0.2, -0.15) is 0 Å². The molecule has 0 radical (unpaired) electrons. The van der Waals surface area contributed by atoms with Gasteiger partial charge >= 0.3 is 0 Å². The fourth-order valence-corrected chi connectivity index (χ4v) is 4.66. The van der Waals surface area contributed by atoms with Gasteiger partial charge in [0.2, 0.25) is 0 Å². The molecule has 0 spiro atoms. The Bertz CT molecular complexity index is 995. The lowest BCUT2D eigenvalue weighted by molar-refractivity contribution is 0.0947. The third-order valence-electron chi connectivity index (χ3n) is 5.30. The quantitative estimate of drug-likeness (QED) is 0.677. The number of para-hydroxylation sites is 1. The molecule has 4 rings (SSSR count). The summed E-state index contributed by atoms with van der Waals surface area (Å²) in [6, 6.07) is 13.6. The summed E-state index contributed by atoms with van der Waals surface area (Å²) < 4.78 is 6.43. The Kier molecular flexibility index (Phi) is 5.97. The van der Waals surface area contributed by atoms with E-state index in [9.17, 15) is 4.79 Å². The molecular weight excluding hydrogens is 384 g/mol. The van der Waals surface area contributed by atoms with E-state index >= 15 is 0 Å². The van der Waals surface area contributed by atoms with E-state index < -0.39 is 0 Å². The number of piperazine rings is 1. The molecule has 1 aromatic heterocycles. The molecule has 3 aromatic rings. The van der Waals surface area contributed by atoms with Crippen molar-refractivity contribution in [2.75, 3.05) is 51.3 Å². The minimum absolute atomic E-state index is 0.0626. The zero-order chi connectivity index (χ0) is 20.2. The third kappa shape index (κ3) is 4.52. The first-order chi connectivity index (χ1) is 14.1. The highest BCUT2D eigenvalue weighted by molar-refractivity contribution is 7.22. The van der Waals surface area contributed by atoms with Crippen LogP contribution in [0.15, 0.2) is 42.5 Å². The molecule has 1 fully saturated rings. The predicted molar refractivity (Wildman–Crippen MR) is 118 cm³/mol. The van der Waals surface area contributed by atoms with Crippen LogP contribution in [0.1, 0.15) is 15.9 Å². The van der Waals surface area contributed by atoms with Crippen molar-refractivity contribution in [3.8, 4) is 5.75 Å². The summed E-state index contributed by atoms with van der Waals surface area (Å²) in [7, 11) is 1.60. The SMILES string of the molecule is COc1cccc(C(=O)NCCN2CCN(c3nc4c(C)cccc4s3)CC2)c1. The van der Waals surface area contributed by atoms with Crippen LogP contribution in [0.2, 0.25) is 0 Å². The third-order valence-corrected chi connectivity index (χ3v) is 6.38. The topological polar surface area (TPSA) is 57.7 Å². The summed E-state index contributed by atoms with van der Waals surface area (Å²) >= 11 is 1.77. The largest absolute Gasteiger partial charge is 0.497 e. The minimum atomic E-state index is -0.0626. The highest BCUT2D eigenvalue weighted by Gasteiger charge is 2.20. The molecule has 1 saturated heterocycles. The Hall–Kier alpha value is -2.64. The predicted octanol–water partition coefficient (Wildman–Crippen LogP) is 3.17. The lowest BCUT2D eigenvalue weighted by Gasteiger charge is -2.34. The Balaban J connectivity index is 1.25. The number of hydrogen-bond donors (Lipinski definition) is 1. The molecule has 7 heteroatoms. The molecule has 1 aliphatic heterocycles. The van der Waals surface area contributed by atoms with Gasteiger partial charge in [0, 0.05) is 44.8 Å². The number of aromatic nitrogens is 1. The van der Waals surface area contributed by atoms with Gasteiger partial charge in [-0.05, 0) is 36.8 Å². The van der Waals surface area contributed by atoms with Gasteiger partial charge in [0.1, 0.15) is 5.75 Å². The second-order valence-electron chi connectivity index (χ2n) is 7.23. The first kappa shape index (κ1) is 19.7.